The fraction of sp³-hybridized carbons (Fsp3) is 0.238. The van der Waals surface area contributed by atoms with Crippen LogP contribution in [0, 0.1) is 6.54 Å². The minimum Gasteiger partial charge on any atom is -0.497 e. The largest absolute Gasteiger partial charge is 1.00 e. The van der Waals surface area contributed by atoms with Crippen LogP contribution in [0.5, 0.6) is 5.75 Å². The molecule has 0 atom stereocenters. The minimum atomic E-state index is -0.571. The number of hydrogen-bond acceptors (Lipinski definition) is 3. The molecule has 132 valence electrons. The smallest absolute Gasteiger partial charge is 0.497 e. The number of methoxy groups -OCH3 is 1. The van der Waals surface area contributed by atoms with E-state index in [4.69, 9.17) is 9.47 Å². The summed E-state index contributed by atoms with van der Waals surface area (Å²) in [6.45, 7) is 7.23. The Morgan fingerprint density at radius 1 is 1.04 bits per heavy atom. The fourth-order valence-corrected chi connectivity index (χ4v) is 2.11. The molecule has 0 aliphatic heterocycles. The van der Waals surface area contributed by atoms with Crippen LogP contribution in [0.2, 0.25) is 0 Å². The van der Waals surface area contributed by atoms with E-state index in [1.54, 1.807) is 25.8 Å². The Labute approximate surface area is 168 Å². The summed E-state index contributed by atoms with van der Waals surface area (Å²) in [4.78, 5) is 14.0. The van der Waals surface area contributed by atoms with Gasteiger partial charge in [-0.15, -0.1) is 12.1 Å². The Hall–Kier alpha value is -2.28. The van der Waals surface area contributed by atoms with E-state index in [2.05, 4.69) is 0 Å². The zero-order valence-electron chi connectivity index (χ0n) is 16.1. The number of benzene rings is 2. The van der Waals surface area contributed by atoms with E-state index in [-0.39, 0.29) is 18.9 Å². The molecule has 0 N–H and O–H groups in total. The Morgan fingerprint density at radius 2 is 1.65 bits per heavy atom. The van der Waals surface area contributed by atoms with Crippen LogP contribution in [0.3, 0.4) is 0 Å². The van der Waals surface area contributed by atoms with E-state index in [0.29, 0.717) is 5.69 Å². The molecule has 2 aromatic carbocycles. The number of ether oxygens (including phenoxy) is 2. The summed E-state index contributed by atoms with van der Waals surface area (Å²) in [5, 5.41) is 0. The molecule has 4 nitrogen and oxygen atoms in total. The van der Waals surface area contributed by atoms with Gasteiger partial charge in [-0.05, 0) is 45.0 Å². The van der Waals surface area contributed by atoms with Crippen molar-refractivity contribution in [1.82, 2.24) is 0 Å². The first-order valence-electron chi connectivity index (χ1n) is 8.12. The number of anilines is 1. The van der Waals surface area contributed by atoms with Crippen molar-refractivity contribution in [2.45, 2.75) is 26.4 Å². The SMILES string of the molecule is COc1ccc(N([CH-]/C=C/c2ccccc2)C(=O)OC(C)(C)C)cc1.[Li+]. The van der Waals surface area contributed by atoms with Crippen molar-refractivity contribution in [2.24, 2.45) is 0 Å². The van der Waals surface area contributed by atoms with E-state index in [1.807, 2.05) is 75.4 Å². The zero-order valence-corrected chi connectivity index (χ0v) is 16.1. The van der Waals surface area contributed by atoms with Gasteiger partial charge in [0.25, 0.3) is 0 Å². The van der Waals surface area contributed by atoms with E-state index in [1.165, 1.54) is 4.90 Å². The first kappa shape index (κ1) is 21.8. The molecule has 0 bridgehead atoms. The second-order valence-electron chi connectivity index (χ2n) is 6.47. The Kier molecular flexibility index (Phi) is 8.38. The molecule has 0 aromatic heterocycles. The fourth-order valence-electron chi connectivity index (χ4n) is 2.11. The maximum atomic E-state index is 12.6. The van der Waals surface area contributed by atoms with Crippen LogP contribution in [0.15, 0.2) is 60.7 Å². The van der Waals surface area contributed by atoms with Crippen LogP contribution < -0.4 is 28.5 Å². The summed E-state index contributed by atoms with van der Waals surface area (Å²) in [6, 6.07) is 17.1. The summed E-state index contributed by atoms with van der Waals surface area (Å²) >= 11 is 0. The van der Waals surface area contributed by atoms with Gasteiger partial charge in [0.1, 0.15) is 11.4 Å². The molecule has 0 radical (unpaired) electrons. The molecule has 0 saturated carbocycles. The van der Waals surface area contributed by atoms with Gasteiger partial charge < -0.3 is 14.4 Å². The molecule has 0 saturated heterocycles. The van der Waals surface area contributed by atoms with Crippen molar-refractivity contribution < 1.29 is 33.1 Å². The number of rotatable bonds is 5. The molecule has 0 unspecified atom stereocenters. The third kappa shape index (κ3) is 6.91. The molecular formula is C21H24LiNO3. The summed E-state index contributed by atoms with van der Waals surface area (Å²) in [7, 11) is 1.61. The predicted octanol–water partition coefficient (Wildman–Crippen LogP) is 2.32. The molecule has 26 heavy (non-hydrogen) atoms. The van der Waals surface area contributed by atoms with Crippen LogP contribution in [0.25, 0.3) is 6.08 Å². The number of carbonyl (C=O) groups excluding carboxylic acids is 1. The first-order chi connectivity index (χ1) is 11.9. The number of hydrogen-bond donors (Lipinski definition) is 0. The number of carbonyl (C=O) groups is 1. The maximum absolute atomic E-state index is 12.6. The quantitative estimate of drug-likeness (QED) is 0.617. The van der Waals surface area contributed by atoms with Crippen LogP contribution in [0.1, 0.15) is 26.3 Å². The van der Waals surface area contributed by atoms with Gasteiger partial charge in [0, 0.05) is 5.69 Å². The summed E-state index contributed by atoms with van der Waals surface area (Å²) in [5.74, 6) is 0.729. The van der Waals surface area contributed by atoms with Gasteiger partial charge in [-0.3, -0.25) is 0 Å². The average Bonchev–Trinajstić information content (AvgIpc) is 2.58. The molecule has 0 fully saturated rings. The van der Waals surface area contributed by atoms with Gasteiger partial charge in [-0.25, -0.2) is 16.9 Å². The third-order valence-corrected chi connectivity index (χ3v) is 3.26. The Bertz CT molecular complexity index is 706. The number of amides is 1. The predicted molar refractivity (Wildman–Crippen MR) is 101 cm³/mol. The van der Waals surface area contributed by atoms with Gasteiger partial charge >= 0.3 is 25.0 Å². The first-order valence-corrected chi connectivity index (χ1v) is 8.12. The average molecular weight is 345 g/mol. The van der Waals surface area contributed by atoms with Gasteiger partial charge in [0.15, 0.2) is 0 Å². The standard InChI is InChI=1S/C21H24NO3.Li/c1-21(2,3)25-20(23)22(18-12-14-19(24-4)15-13-18)16-8-11-17-9-6-5-7-10-17;/h5-16H,1-4H3;/q-1;+1/b11-8+;. The van der Waals surface area contributed by atoms with E-state index in [0.717, 1.165) is 11.3 Å². The van der Waals surface area contributed by atoms with Crippen molar-refractivity contribution in [3.63, 3.8) is 0 Å². The summed E-state index contributed by atoms with van der Waals surface area (Å²) in [6.07, 6.45) is 3.32. The van der Waals surface area contributed by atoms with Crippen molar-refractivity contribution in [3.8, 4) is 5.75 Å². The molecule has 2 rings (SSSR count). The van der Waals surface area contributed by atoms with Crippen LogP contribution >= 0.6 is 0 Å². The van der Waals surface area contributed by atoms with Crippen molar-refractivity contribution >= 4 is 17.9 Å². The van der Waals surface area contributed by atoms with Gasteiger partial charge in [-0.1, -0.05) is 30.3 Å². The monoisotopic (exact) mass is 345 g/mol. The van der Waals surface area contributed by atoms with Crippen molar-refractivity contribution in [3.05, 3.63) is 72.8 Å². The molecule has 5 heteroatoms. The second kappa shape index (κ2) is 10.0. The van der Waals surface area contributed by atoms with Crippen LogP contribution in [-0.2, 0) is 4.74 Å². The maximum Gasteiger partial charge on any atom is 1.00 e. The number of nitrogens with zero attached hydrogens (tertiary/aromatic N) is 1. The zero-order chi connectivity index (χ0) is 18.3. The van der Waals surface area contributed by atoms with E-state index in [9.17, 15) is 4.79 Å². The Balaban J connectivity index is 0.00000338. The second-order valence-corrected chi connectivity index (χ2v) is 6.47. The van der Waals surface area contributed by atoms with Gasteiger partial charge in [0.05, 0.1) is 7.11 Å². The Morgan fingerprint density at radius 3 is 2.19 bits per heavy atom. The van der Waals surface area contributed by atoms with Gasteiger partial charge in [0.2, 0.25) is 0 Å². The molecule has 0 aliphatic rings. The molecule has 2 aromatic rings. The van der Waals surface area contributed by atoms with E-state index >= 15 is 0 Å². The van der Waals surface area contributed by atoms with Crippen LogP contribution in [-0.4, -0.2) is 18.8 Å². The summed E-state index contributed by atoms with van der Waals surface area (Å²) in [5.41, 5.74) is 1.18. The molecule has 1 amide bonds. The van der Waals surface area contributed by atoms with Crippen molar-refractivity contribution in [1.29, 1.82) is 0 Å². The normalized spacial score (nSPS) is 10.8. The van der Waals surface area contributed by atoms with Gasteiger partial charge in [-0.2, -0.15) is 0 Å². The molecule has 0 heterocycles. The van der Waals surface area contributed by atoms with Crippen molar-refractivity contribution in [2.75, 3.05) is 12.0 Å². The topological polar surface area (TPSA) is 38.8 Å². The third-order valence-electron chi connectivity index (χ3n) is 3.26. The van der Waals surface area contributed by atoms with Crippen LogP contribution in [0.4, 0.5) is 10.5 Å². The molecular weight excluding hydrogens is 321 g/mol. The molecule has 0 spiro atoms. The minimum absolute atomic E-state index is 0. The van der Waals surface area contributed by atoms with E-state index < -0.39 is 11.7 Å². The summed E-state index contributed by atoms with van der Waals surface area (Å²) < 4.78 is 10.7. The molecule has 0 aliphatic carbocycles.